The second kappa shape index (κ2) is 7.94. The average molecular weight is 460 g/mol. The summed E-state index contributed by atoms with van der Waals surface area (Å²) in [6.45, 7) is 11.0. The van der Waals surface area contributed by atoms with E-state index in [-0.39, 0.29) is 39.5 Å². The number of aromatic carboxylic acids is 1. The maximum atomic E-state index is 12.6. The molecule has 0 bridgehead atoms. The molecule has 32 heavy (non-hydrogen) atoms. The van der Waals surface area contributed by atoms with Gasteiger partial charge in [-0.1, -0.05) is 32.6 Å². The third-order valence-corrected chi connectivity index (χ3v) is 8.32. The molecule has 1 unspecified atom stereocenters. The van der Waals surface area contributed by atoms with Crippen molar-refractivity contribution in [2.45, 2.75) is 51.7 Å². The molecule has 1 heterocycles. The van der Waals surface area contributed by atoms with Gasteiger partial charge in [0, 0.05) is 19.4 Å². The van der Waals surface area contributed by atoms with Crippen LogP contribution >= 0.6 is 0 Å². The largest absolute Gasteiger partial charge is 0.478 e. The Kier molecular flexibility index (Phi) is 5.77. The maximum absolute atomic E-state index is 12.6. The van der Waals surface area contributed by atoms with Crippen LogP contribution in [0.1, 0.15) is 52.6 Å². The van der Waals surface area contributed by atoms with Gasteiger partial charge in [0.15, 0.2) is 0 Å². The number of rotatable bonds is 6. The van der Waals surface area contributed by atoms with E-state index < -0.39 is 36.4 Å². The lowest BCUT2D eigenvalue weighted by atomic mass is 10.0. The number of cyclic esters (lactones) is 1. The summed E-state index contributed by atoms with van der Waals surface area (Å²) in [6.07, 6.45) is 0. The highest BCUT2D eigenvalue weighted by Gasteiger charge is 2.39. The predicted octanol–water partition coefficient (Wildman–Crippen LogP) is 5.35. The first-order valence-electron chi connectivity index (χ1n) is 10.0. The van der Waals surface area contributed by atoms with E-state index in [0.717, 1.165) is 0 Å². The van der Waals surface area contributed by atoms with Gasteiger partial charge in [0.2, 0.25) is 11.5 Å². The smallest absolute Gasteiger partial charge is 0.349 e. The molecule has 0 radical (unpaired) electrons. The van der Waals surface area contributed by atoms with Crippen molar-refractivity contribution in [3.8, 4) is 17.2 Å². The molecule has 10 heteroatoms. The normalized spacial score (nSPS) is 15.8. The molecule has 2 aromatic rings. The van der Waals surface area contributed by atoms with Crippen LogP contribution in [0.15, 0.2) is 30.3 Å². The van der Waals surface area contributed by atoms with Crippen LogP contribution in [0.5, 0.6) is 17.2 Å². The Morgan fingerprint density at radius 2 is 1.81 bits per heavy atom. The summed E-state index contributed by atoms with van der Waals surface area (Å²) in [6, 6.07) is 7.17. The van der Waals surface area contributed by atoms with E-state index in [1.807, 2.05) is 19.6 Å². The first-order chi connectivity index (χ1) is 14.7. The second-order valence-electron chi connectivity index (χ2n) is 9.15. The molecule has 9 nitrogen and oxygen atoms in total. The van der Waals surface area contributed by atoms with Crippen LogP contribution in [0, 0.1) is 10.1 Å². The Bertz CT molecular complexity index is 1120. The molecule has 1 aliphatic heterocycles. The number of carboxylic acids is 1. The zero-order chi connectivity index (χ0) is 24.0. The van der Waals surface area contributed by atoms with Crippen LogP contribution < -0.4 is 9.47 Å². The van der Waals surface area contributed by atoms with E-state index >= 15 is 0 Å². The van der Waals surface area contributed by atoms with E-state index in [2.05, 4.69) is 0 Å². The Balaban J connectivity index is 2.20. The topological polar surface area (TPSA) is 125 Å². The molecule has 1 atom stereocenters. The van der Waals surface area contributed by atoms with Crippen molar-refractivity contribution < 1.29 is 33.8 Å². The third kappa shape index (κ3) is 4.31. The highest BCUT2D eigenvalue weighted by Crippen LogP contribution is 2.45. The average Bonchev–Trinajstić information content (AvgIpc) is 2.64. The van der Waals surface area contributed by atoms with E-state index in [1.54, 1.807) is 32.9 Å². The van der Waals surface area contributed by atoms with Crippen molar-refractivity contribution in [1.82, 2.24) is 0 Å². The summed E-state index contributed by atoms with van der Waals surface area (Å²) >= 11 is 0. The summed E-state index contributed by atoms with van der Waals surface area (Å²) in [5.74, 6) is -3.03. The second-order valence-corrected chi connectivity index (χ2v) is 14.7. The Labute approximate surface area is 186 Å². The SMILES string of the molecule is CC(c1c(C(=O)O)ccc(Oc2cccc3c2C(=O)OC(C)(C)O3)c1[N+](=O)[O-])[Si](C)(C)C. The van der Waals surface area contributed by atoms with Gasteiger partial charge >= 0.3 is 17.6 Å². The maximum Gasteiger partial charge on any atom is 0.349 e. The van der Waals surface area contributed by atoms with Crippen LogP contribution in [0.3, 0.4) is 0 Å². The third-order valence-electron chi connectivity index (χ3n) is 5.43. The van der Waals surface area contributed by atoms with Gasteiger partial charge in [0.05, 0.1) is 18.6 Å². The number of nitrogens with zero attached hydrogens (tertiary/aromatic N) is 1. The molecule has 170 valence electrons. The van der Waals surface area contributed by atoms with Crippen LogP contribution in [0.4, 0.5) is 5.69 Å². The van der Waals surface area contributed by atoms with Gasteiger partial charge in [-0.25, -0.2) is 9.59 Å². The summed E-state index contributed by atoms with van der Waals surface area (Å²) in [5.41, 5.74) is -0.801. The molecule has 2 aromatic carbocycles. The number of ether oxygens (including phenoxy) is 3. The Morgan fingerprint density at radius 1 is 1.16 bits per heavy atom. The number of benzene rings is 2. The molecule has 3 rings (SSSR count). The van der Waals surface area contributed by atoms with Gasteiger partial charge in [-0.05, 0) is 29.8 Å². The lowest BCUT2D eigenvalue weighted by Gasteiger charge is -2.32. The number of nitro benzene ring substituents is 1. The standard InChI is InChI=1S/C22H25NO8Si/c1-12(32(4,5)6)17-13(20(24)25)10-11-16(19(17)23(27)28)29-14-8-7-9-15-18(14)21(26)31-22(2,3)30-15/h7-12H,1-6H3,(H,24,25). The fraction of sp³-hybridized carbons (Fsp3) is 0.364. The fourth-order valence-electron chi connectivity index (χ4n) is 3.48. The van der Waals surface area contributed by atoms with Gasteiger partial charge < -0.3 is 19.3 Å². The van der Waals surface area contributed by atoms with E-state index in [0.29, 0.717) is 0 Å². The lowest BCUT2D eigenvalue weighted by molar-refractivity contribution is -0.386. The van der Waals surface area contributed by atoms with Crippen molar-refractivity contribution >= 4 is 25.7 Å². The number of carbonyl (C=O) groups excluding carboxylic acids is 1. The Morgan fingerprint density at radius 3 is 2.38 bits per heavy atom. The quantitative estimate of drug-likeness (QED) is 0.265. The van der Waals surface area contributed by atoms with Crippen molar-refractivity contribution in [2.75, 3.05) is 0 Å². The van der Waals surface area contributed by atoms with E-state index in [9.17, 15) is 24.8 Å². The number of hydrogen-bond acceptors (Lipinski definition) is 7. The van der Waals surface area contributed by atoms with Gasteiger partial charge in [0.1, 0.15) is 17.1 Å². The van der Waals surface area contributed by atoms with Crippen LogP contribution in [-0.2, 0) is 4.74 Å². The zero-order valence-electron chi connectivity index (χ0n) is 18.7. The van der Waals surface area contributed by atoms with E-state index in [1.165, 1.54) is 18.2 Å². The minimum Gasteiger partial charge on any atom is -0.478 e. The summed E-state index contributed by atoms with van der Waals surface area (Å²) in [4.78, 5) is 35.9. The first kappa shape index (κ1) is 23.3. The molecule has 0 spiro atoms. The van der Waals surface area contributed by atoms with Crippen LogP contribution in [0.2, 0.25) is 19.6 Å². The summed E-state index contributed by atoms with van der Waals surface area (Å²) in [5, 5.41) is 21.8. The highest BCUT2D eigenvalue weighted by atomic mass is 28.3. The van der Waals surface area contributed by atoms with Gasteiger partial charge in [-0.15, -0.1) is 0 Å². The molecule has 0 fully saturated rings. The van der Waals surface area contributed by atoms with Crippen molar-refractivity contribution in [2.24, 2.45) is 0 Å². The van der Waals surface area contributed by atoms with Gasteiger partial charge in [-0.3, -0.25) is 10.1 Å². The minimum absolute atomic E-state index is 0.00299. The molecule has 0 saturated heterocycles. The highest BCUT2D eigenvalue weighted by molar-refractivity contribution is 6.77. The van der Waals surface area contributed by atoms with E-state index in [4.69, 9.17) is 14.2 Å². The lowest BCUT2D eigenvalue weighted by Crippen LogP contribution is -2.38. The molecular formula is C22H25NO8Si. The molecule has 0 amide bonds. The number of carbonyl (C=O) groups is 2. The number of hydrogen-bond donors (Lipinski definition) is 1. The Hall–Kier alpha value is -3.40. The van der Waals surface area contributed by atoms with Gasteiger partial charge in [-0.2, -0.15) is 0 Å². The fourth-order valence-corrected chi connectivity index (χ4v) is 4.64. The molecule has 1 N–H and O–H groups in total. The number of fused-ring (bicyclic) bond motifs is 1. The number of esters is 1. The first-order valence-corrected chi connectivity index (χ1v) is 13.6. The molecule has 0 saturated carbocycles. The molecule has 0 aromatic heterocycles. The summed E-state index contributed by atoms with van der Waals surface area (Å²) < 4.78 is 16.8. The zero-order valence-corrected chi connectivity index (χ0v) is 19.7. The van der Waals surface area contributed by atoms with Gasteiger partial charge in [0.25, 0.3) is 0 Å². The molecule has 1 aliphatic rings. The monoisotopic (exact) mass is 459 g/mol. The molecule has 0 aliphatic carbocycles. The number of nitro groups is 1. The summed E-state index contributed by atoms with van der Waals surface area (Å²) in [7, 11) is -2.04. The molecular weight excluding hydrogens is 434 g/mol. The minimum atomic E-state index is -2.04. The van der Waals surface area contributed by atoms with Crippen molar-refractivity contribution in [3.05, 3.63) is 57.1 Å². The van der Waals surface area contributed by atoms with Crippen LogP contribution in [-0.4, -0.2) is 35.8 Å². The number of carboxylic acid groups (broad SMARTS) is 1. The predicted molar refractivity (Wildman–Crippen MR) is 118 cm³/mol. The van der Waals surface area contributed by atoms with Crippen molar-refractivity contribution in [3.63, 3.8) is 0 Å². The van der Waals surface area contributed by atoms with Crippen molar-refractivity contribution in [1.29, 1.82) is 0 Å². The van der Waals surface area contributed by atoms with Crippen LogP contribution in [0.25, 0.3) is 0 Å².